The first-order valence-corrected chi connectivity index (χ1v) is 9.35. The fourth-order valence-corrected chi connectivity index (χ4v) is 2.63. The van der Waals surface area contributed by atoms with Crippen LogP contribution in [-0.2, 0) is 0 Å². The van der Waals surface area contributed by atoms with Crippen LogP contribution in [0.25, 0.3) is 0 Å². The van der Waals surface area contributed by atoms with Gasteiger partial charge in [0.2, 0.25) is 0 Å². The summed E-state index contributed by atoms with van der Waals surface area (Å²) in [7, 11) is 0. The van der Waals surface area contributed by atoms with Gasteiger partial charge in [0.1, 0.15) is 5.75 Å². The molecule has 0 spiro atoms. The standard InChI is InChI=1S/C21H14BrClN2O3/c22-17-8-4-15(5-9-17)20(26)25-24-13-14-2-1-3-19(12-14)28-21(27)16-6-10-18(23)11-7-16/h1-13H,(H,25,26)/b24-13-. The predicted octanol–water partition coefficient (Wildman–Crippen LogP) is 5.09. The highest BCUT2D eigenvalue weighted by Crippen LogP contribution is 2.16. The molecule has 0 atom stereocenters. The quantitative estimate of drug-likeness (QED) is 0.251. The summed E-state index contributed by atoms with van der Waals surface area (Å²) in [5.74, 6) is -0.452. The van der Waals surface area contributed by atoms with Gasteiger partial charge in [0, 0.05) is 15.1 Å². The SMILES string of the molecule is O=C(N/N=C\c1cccc(OC(=O)c2ccc(Cl)cc2)c1)c1ccc(Br)cc1. The zero-order valence-corrected chi connectivity index (χ0v) is 16.8. The van der Waals surface area contributed by atoms with Gasteiger partial charge in [-0.1, -0.05) is 39.7 Å². The first kappa shape index (κ1) is 19.8. The van der Waals surface area contributed by atoms with Crippen LogP contribution >= 0.6 is 27.5 Å². The number of esters is 1. The molecule has 0 heterocycles. The summed E-state index contributed by atoms with van der Waals surface area (Å²) in [5, 5.41) is 4.48. The third-order valence-corrected chi connectivity index (χ3v) is 4.42. The fourth-order valence-electron chi connectivity index (χ4n) is 2.24. The van der Waals surface area contributed by atoms with E-state index in [4.69, 9.17) is 16.3 Å². The summed E-state index contributed by atoms with van der Waals surface area (Å²) < 4.78 is 6.24. The van der Waals surface area contributed by atoms with Crippen LogP contribution in [0.2, 0.25) is 5.02 Å². The number of hydrogen-bond acceptors (Lipinski definition) is 4. The Labute approximate surface area is 175 Å². The molecule has 0 aliphatic heterocycles. The number of benzene rings is 3. The van der Waals surface area contributed by atoms with Crippen LogP contribution in [-0.4, -0.2) is 18.1 Å². The van der Waals surface area contributed by atoms with Gasteiger partial charge in [0.05, 0.1) is 11.8 Å². The highest BCUT2D eigenvalue weighted by Gasteiger charge is 2.08. The van der Waals surface area contributed by atoms with E-state index >= 15 is 0 Å². The molecule has 3 rings (SSSR count). The number of carbonyl (C=O) groups is 2. The van der Waals surface area contributed by atoms with Crippen molar-refractivity contribution in [3.63, 3.8) is 0 Å². The number of halogens is 2. The van der Waals surface area contributed by atoms with E-state index in [1.165, 1.54) is 6.21 Å². The molecule has 0 saturated heterocycles. The highest BCUT2D eigenvalue weighted by atomic mass is 79.9. The maximum Gasteiger partial charge on any atom is 0.343 e. The Morgan fingerprint density at radius 1 is 0.964 bits per heavy atom. The number of hydrogen-bond donors (Lipinski definition) is 1. The summed E-state index contributed by atoms with van der Waals surface area (Å²) in [6, 6.07) is 20.1. The molecular weight excluding hydrogens is 444 g/mol. The summed E-state index contributed by atoms with van der Waals surface area (Å²) in [5.41, 5.74) is 4.00. The number of rotatable bonds is 5. The maximum absolute atomic E-state index is 12.2. The number of nitrogens with zero attached hydrogens (tertiary/aromatic N) is 1. The Hall–Kier alpha value is -2.96. The molecule has 3 aromatic rings. The minimum Gasteiger partial charge on any atom is -0.423 e. The molecule has 28 heavy (non-hydrogen) atoms. The Morgan fingerprint density at radius 2 is 1.64 bits per heavy atom. The topological polar surface area (TPSA) is 67.8 Å². The van der Waals surface area contributed by atoms with E-state index < -0.39 is 5.97 Å². The zero-order chi connectivity index (χ0) is 19.9. The van der Waals surface area contributed by atoms with Gasteiger partial charge < -0.3 is 4.74 Å². The van der Waals surface area contributed by atoms with Crippen LogP contribution in [0.15, 0.2) is 82.4 Å². The van der Waals surface area contributed by atoms with Crippen molar-refractivity contribution in [2.75, 3.05) is 0 Å². The van der Waals surface area contributed by atoms with Crippen molar-refractivity contribution in [2.24, 2.45) is 5.10 Å². The van der Waals surface area contributed by atoms with Gasteiger partial charge in [-0.3, -0.25) is 4.79 Å². The molecule has 0 fully saturated rings. The average Bonchev–Trinajstić information content (AvgIpc) is 2.69. The number of carbonyl (C=O) groups excluding carboxylic acids is 2. The van der Waals surface area contributed by atoms with Gasteiger partial charge in [-0.2, -0.15) is 5.10 Å². The first-order chi connectivity index (χ1) is 13.5. The normalized spacial score (nSPS) is 10.6. The lowest BCUT2D eigenvalue weighted by atomic mass is 10.2. The molecule has 1 N–H and O–H groups in total. The zero-order valence-electron chi connectivity index (χ0n) is 14.4. The molecule has 0 unspecified atom stereocenters. The smallest absolute Gasteiger partial charge is 0.343 e. The van der Waals surface area contributed by atoms with Gasteiger partial charge >= 0.3 is 5.97 Å². The summed E-state index contributed by atoms with van der Waals surface area (Å²) in [6.45, 7) is 0. The van der Waals surface area contributed by atoms with Crippen LogP contribution in [0, 0.1) is 0 Å². The third-order valence-electron chi connectivity index (χ3n) is 3.63. The Kier molecular flexibility index (Phi) is 6.57. The van der Waals surface area contributed by atoms with E-state index in [0.29, 0.717) is 27.5 Å². The molecule has 0 aliphatic carbocycles. The lowest BCUT2D eigenvalue weighted by Gasteiger charge is -2.05. The van der Waals surface area contributed by atoms with Crippen molar-refractivity contribution in [1.29, 1.82) is 0 Å². The van der Waals surface area contributed by atoms with E-state index in [9.17, 15) is 9.59 Å². The van der Waals surface area contributed by atoms with Crippen LogP contribution in [0.4, 0.5) is 0 Å². The van der Waals surface area contributed by atoms with Crippen molar-refractivity contribution in [3.8, 4) is 5.75 Å². The van der Waals surface area contributed by atoms with Crippen molar-refractivity contribution in [2.45, 2.75) is 0 Å². The van der Waals surface area contributed by atoms with E-state index in [-0.39, 0.29) is 5.91 Å². The monoisotopic (exact) mass is 456 g/mol. The molecule has 0 saturated carbocycles. The minimum absolute atomic E-state index is 0.325. The van der Waals surface area contributed by atoms with Crippen LogP contribution in [0.5, 0.6) is 5.75 Å². The van der Waals surface area contributed by atoms with Crippen molar-refractivity contribution < 1.29 is 14.3 Å². The van der Waals surface area contributed by atoms with E-state index in [1.54, 1.807) is 72.8 Å². The molecule has 3 aromatic carbocycles. The lowest BCUT2D eigenvalue weighted by molar-refractivity contribution is 0.0734. The van der Waals surface area contributed by atoms with Crippen molar-refractivity contribution >= 4 is 45.6 Å². The lowest BCUT2D eigenvalue weighted by Crippen LogP contribution is -2.17. The van der Waals surface area contributed by atoms with E-state index in [2.05, 4.69) is 26.5 Å². The molecular formula is C21H14BrClN2O3. The van der Waals surface area contributed by atoms with Gasteiger partial charge in [-0.05, 0) is 66.2 Å². The average molecular weight is 458 g/mol. The Morgan fingerprint density at radius 3 is 2.36 bits per heavy atom. The predicted molar refractivity (Wildman–Crippen MR) is 112 cm³/mol. The number of nitrogens with one attached hydrogen (secondary N) is 1. The molecule has 140 valence electrons. The second-order valence-electron chi connectivity index (χ2n) is 5.67. The summed E-state index contributed by atoms with van der Waals surface area (Å²) in [6.07, 6.45) is 1.47. The van der Waals surface area contributed by atoms with Crippen LogP contribution in [0.3, 0.4) is 0 Å². The second kappa shape index (κ2) is 9.30. The van der Waals surface area contributed by atoms with Crippen LogP contribution < -0.4 is 10.2 Å². The van der Waals surface area contributed by atoms with Gasteiger partial charge in [0.15, 0.2) is 0 Å². The second-order valence-corrected chi connectivity index (χ2v) is 7.03. The molecule has 0 aromatic heterocycles. The molecule has 7 heteroatoms. The van der Waals surface area contributed by atoms with E-state index in [1.807, 2.05) is 0 Å². The van der Waals surface area contributed by atoms with E-state index in [0.717, 1.165) is 4.47 Å². The van der Waals surface area contributed by atoms with Gasteiger partial charge in [-0.15, -0.1) is 0 Å². The molecule has 5 nitrogen and oxygen atoms in total. The van der Waals surface area contributed by atoms with Crippen molar-refractivity contribution in [1.82, 2.24) is 5.43 Å². The molecule has 0 bridgehead atoms. The molecule has 0 radical (unpaired) electrons. The van der Waals surface area contributed by atoms with Crippen LogP contribution in [0.1, 0.15) is 26.3 Å². The molecule has 1 amide bonds. The minimum atomic E-state index is -0.491. The van der Waals surface area contributed by atoms with Gasteiger partial charge in [0.25, 0.3) is 5.91 Å². The maximum atomic E-state index is 12.2. The summed E-state index contributed by atoms with van der Waals surface area (Å²) >= 11 is 9.13. The first-order valence-electron chi connectivity index (χ1n) is 8.18. The number of amides is 1. The van der Waals surface area contributed by atoms with Crippen molar-refractivity contribution in [3.05, 3.63) is 99.0 Å². The summed E-state index contributed by atoms with van der Waals surface area (Å²) in [4.78, 5) is 24.2. The largest absolute Gasteiger partial charge is 0.423 e. The third kappa shape index (κ3) is 5.52. The van der Waals surface area contributed by atoms with Gasteiger partial charge in [-0.25, -0.2) is 10.2 Å². The number of hydrazone groups is 1. The highest BCUT2D eigenvalue weighted by molar-refractivity contribution is 9.10. The molecule has 0 aliphatic rings. The Bertz CT molecular complexity index is 1020. The Balaban J connectivity index is 1.61. The fraction of sp³-hybridized carbons (Fsp3) is 0. The number of ether oxygens (including phenoxy) is 1.